The second-order valence-corrected chi connectivity index (χ2v) is 17.3. The molecule has 4 heterocycles. The molecule has 7 rings (SSSR count). The Balaban J connectivity index is 0.000000176. The maximum Gasteiger partial charge on any atom is 0.419 e. The SMILES string of the molecule is CCN1CC2CC1CN2c1cc(C)cc(C(F)(F)F)c1.Cc1cc(N(C)CCN2CCCC2)c(F)c(C(F)(F)F)c1.Cc1cc(N2CCC(N(C)C)CC2)c(F)c(C(F)(F)F)c1. The van der Waals surface area contributed by atoms with Crippen molar-refractivity contribution < 1.29 is 48.3 Å². The van der Waals surface area contributed by atoms with Crippen LogP contribution in [0.5, 0.6) is 0 Å². The Labute approximate surface area is 358 Å². The smallest absolute Gasteiger partial charge is 0.371 e. The second-order valence-electron chi connectivity index (χ2n) is 17.3. The van der Waals surface area contributed by atoms with E-state index in [0.717, 1.165) is 89.2 Å². The summed E-state index contributed by atoms with van der Waals surface area (Å²) in [5.41, 5.74) is -0.591. The van der Waals surface area contributed by atoms with Gasteiger partial charge in [-0.1, -0.05) is 6.92 Å². The van der Waals surface area contributed by atoms with Gasteiger partial charge in [0, 0.05) is 70.1 Å². The number of hydrogen-bond acceptors (Lipinski definition) is 6. The number of halogens is 11. The highest BCUT2D eigenvalue weighted by atomic mass is 19.4. The molecule has 0 N–H and O–H groups in total. The van der Waals surface area contributed by atoms with Crippen molar-refractivity contribution in [2.45, 2.75) is 96.5 Å². The summed E-state index contributed by atoms with van der Waals surface area (Å²) in [7, 11) is 5.60. The van der Waals surface area contributed by atoms with Crippen LogP contribution in [0.3, 0.4) is 0 Å². The van der Waals surface area contributed by atoms with Gasteiger partial charge in [0.15, 0.2) is 11.6 Å². The summed E-state index contributed by atoms with van der Waals surface area (Å²) >= 11 is 0. The van der Waals surface area contributed by atoms with Crippen LogP contribution >= 0.6 is 0 Å². The fourth-order valence-corrected chi connectivity index (χ4v) is 9.01. The summed E-state index contributed by atoms with van der Waals surface area (Å²) < 4.78 is 144. The minimum absolute atomic E-state index is 0.0153. The minimum Gasteiger partial charge on any atom is -0.371 e. The molecule has 4 fully saturated rings. The standard InChI is InChI=1S/2C15H20F4N2.C15H19F3N2/c1-10-8-12(15(17,18)19)14(16)13(9-10)21-6-4-11(5-7-21)20(2)3;1-11-9-12(15(17,18)19)14(16)13(10-11)20(2)7-8-21-5-3-4-6-21;1-3-19-8-14-7-13(19)9-20(14)12-5-10(2)4-11(6-12)15(16,17)18/h8-9,11H,4-7H2,1-3H3;9-10H,3-8H2,1-2H3;4-6,13-14H,3,7-9H2,1-2H3. The first-order chi connectivity index (χ1) is 28.9. The van der Waals surface area contributed by atoms with E-state index < -0.39 is 46.9 Å². The number of alkyl halides is 9. The molecule has 4 saturated heterocycles. The van der Waals surface area contributed by atoms with Crippen LogP contribution in [0.25, 0.3) is 0 Å². The number of piperazine rings is 1. The van der Waals surface area contributed by atoms with Gasteiger partial charge in [-0.25, -0.2) is 8.78 Å². The quantitative estimate of drug-likeness (QED) is 0.208. The van der Waals surface area contributed by atoms with E-state index in [2.05, 4.69) is 26.5 Å². The lowest BCUT2D eigenvalue weighted by atomic mass is 10.0. The van der Waals surface area contributed by atoms with Crippen LogP contribution < -0.4 is 14.7 Å². The summed E-state index contributed by atoms with van der Waals surface area (Å²) in [6, 6.07) is 10.3. The molecule has 4 aliphatic rings. The van der Waals surface area contributed by atoms with Gasteiger partial charge in [0.2, 0.25) is 0 Å². The Hall–Kier alpha value is -3.83. The predicted molar refractivity (Wildman–Crippen MR) is 223 cm³/mol. The summed E-state index contributed by atoms with van der Waals surface area (Å²) in [6.45, 7) is 14.2. The number of rotatable bonds is 8. The van der Waals surface area contributed by atoms with Gasteiger partial charge in [0.25, 0.3) is 0 Å². The molecule has 0 spiro atoms. The molecule has 0 amide bonds. The molecule has 2 atom stereocenters. The van der Waals surface area contributed by atoms with Crippen LogP contribution in [-0.2, 0) is 18.5 Å². The van der Waals surface area contributed by atoms with Gasteiger partial charge in [-0.15, -0.1) is 0 Å². The third-order valence-corrected chi connectivity index (χ3v) is 12.4. The van der Waals surface area contributed by atoms with Gasteiger partial charge in [-0.3, -0.25) is 4.90 Å². The van der Waals surface area contributed by atoms with Gasteiger partial charge in [-0.2, -0.15) is 39.5 Å². The average molecular weight is 893 g/mol. The van der Waals surface area contributed by atoms with Crippen molar-refractivity contribution in [2.75, 3.05) is 94.7 Å². The molecule has 2 bridgehead atoms. The number of benzene rings is 3. The van der Waals surface area contributed by atoms with E-state index in [-0.39, 0.29) is 11.4 Å². The predicted octanol–water partition coefficient (Wildman–Crippen LogP) is 10.7. The van der Waals surface area contributed by atoms with Crippen LogP contribution in [0.15, 0.2) is 42.5 Å². The van der Waals surface area contributed by atoms with Crippen LogP contribution in [0.4, 0.5) is 65.4 Å². The Kier molecular flexibility index (Phi) is 15.8. The highest BCUT2D eigenvalue weighted by Gasteiger charge is 2.43. The molecular formula is C45H59F11N6. The summed E-state index contributed by atoms with van der Waals surface area (Å²) in [5.74, 6) is -2.34. The third-order valence-electron chi connectivity index (χ3n) is 12.4. The van der Waals surface area contributed by atoms with Crippen molar-refractivity contribution in [1.29, 1.82) is 0 Å². The van der Waals surface area contributed by atoms with E-state index in [1.807, 2.05) is 20.2 Å². The molecule has 6 nitrogen and oxygen atoms in total. The molecule has 3 aromatic rings. The number of aryl methyl sites for hydroxylation is 3. The van der Waals surface area contributed by atoms with E-state index >= 15 is 0 Å². The lowest BCUT2D eigenvalue weighted by Crippen LogP contribution is -2.46. The first kappa shape index (κ1) is 49.2. The summed E-state index contributed by atoms with van der Waals surface area (Å²) in [4.78, 5) is 12.2. The van der Waals surface area contributed by atoms with Gasteiger partial charge in [0.1, 0.15) is 0 Å². The van der Waals surface area contributed by atoms with Crippen LogP contribution in [0.2, 0.25) is 0 Å². The highest BCUT2D eigenvalue weighted by molar-refractivity contribution is 5.56. The van der Waals surface area contributed by atoms with E-state index in [1.165, 1.54) is 24.3 Å². The van der Waals surface area contributed by atoms with Gasteiger partial charge < -0.3 is 24.5 Å². The van der Waals surface area contributed by atoms with Crippen LogP contribution in [0, 0.1) is 32.4 Å². The maximum atomic E-state index is 14.2. The van der Waals surface area contributed by atoms with E-state index in [4.69, 9.17) is 0 Å². The average Bonchev–Trinajstić information content (AvgIpc) is 3.96. The number of anilines is 3. The lowest BCUT2D eigenvalue weighted by Gasteiger charge is -2.37. The largest absolute Gasteiger partial charge is 0.419 e. The first-order valence-electron chi connectivity index (χ1n) is 21.2. The third kappa shape index (κ3) is 12.2. The molecule has 346 valence electrons. The van der Waals surface area contributed by atoms with Crippen molar-refractivity contribution in [3.63, 3.8) is 0 Å². The van der Waals surface area contributed by atoms with Crippen molar-refractivity contribution in [2.24, 2.45) is 0 Å². The molecule has 17 heteroatoms. The minimum atomic E-state index is -4.67. The molecule has 0 saturated carbocycles. The Morgan fingerprint density at radius 1 is 0.645 bits per heavy atom. The van der Waals surface area contributed by atoms with Gasteiger partial charge >= 0.3 is 18.5 Å². The lowest BCUT2D eigenvalue weighted by molar-refractivity contribution is -0.140. The number of likely N-dealkylation sites (tertiary alicyclic amines) is 2. The van der Waals surface area contributed by atoms with E-state index in [9.17, 15) is 48.3 Å². The number of hydrogen-bond donors (Lipinski definition) is 0. The number of likely N-dealkylation sites (N-methyl/N-ethyl adjacent to an activating group) is 2. The number of piperidine rings is 1. The van der Waals surface area contributed by atoms with Crippen molar-refractivity contribution in [3.8, 4) is 0 Å². The van der Waals surface area contributed by atoms with Gasteiger partial charge in [0.05, 0.1) is 28.1 Å². The maximum absolute atomic E-state index is 14.2. The summed E-state index contributed by atoms with van der Waals surface area (Å²) in [5, 5.41) is 0. The Morgan fingerprint density at radius 2 is 1.21 bits per heavy atom. The molecule has 0 aliphatic carbocycles. The van der Waals surface area contributed by atoms with Crippen molar-refractivity contribution in [1.82, 2.24) is 14.7 Å². The highest BCUT2D eigenvalue weighted by Crippen LogP contribution is 2.40. The van der Waals surface area contributed by atoms with E-state index in [0.29, 0.717) is 54.5 Å². The van der Waals surface area contributed by atoms with Gasteiger partial charge in [-0.05, 0) is 146 Å². The first-order valence-corrected chi connectivity index (χ1v) is 21.2. The molecule has 2 unspecified atom stereocenters. The van der Waals surface area contributed by atoms with Crippen LogP contribution in [0.1, 0.15) is 72.4 Å². The van der Waals surface area contributed by atoms with Crippen LogP contribution in [-0.4, -0.2) is 113 Å². The zero-order chi connectivity index (χ0) is 45.9. The number of nitrogens with zero attached hydrogens (tertiary/aromatic N) is 6. The Bertz CT molecular complexity index is 1950. The van der Waals surface area contributed by atoms with Crippen molar-refractivity contribution >= 4 is 17.1 Å². The zero-order valence-electron chi connectivity index (χ0n) is 36.5. The topological polar surface area (TPSA) is 19.4 Å². The molecule has 62 heavy (non-hydrogen) atoms. The molecule has 3 aromatic carbocycles. The zero-order valence-corrected chi connectivity index (χ0v) is 36.5. The fraction of sp³-hybridized carbons (Fsp3) is 0.600. The number of fused-ring (bicyclic) bond motifs is 2. The Morgan fingerprint density at radius 3 is 1.73 bits per heavy atom. The van der Waals surface area contributed by atoms with Crippen molar-refractivity contribution in [3.05, 3.63) is 87.5 Å². The molecule has 0 aromatic heterocycles. The monoisotopic (exact) mass is 892 g/mol. The summed E-state index contributed by atoms with van der Waals surface area (Å²) in [6.07, 6.45) is -8.57. The fourth-order valence-electron chi connectivity index (χ4n) is 9.01. The normalized spacial score (nSPS) is 20.1. The molecule has 0 radical (unpaired) electrons. The van der Waals surface area contributed by atoms with E-state index in [1.54, 1.807) is 37.6 Å². The molecule has 4 aliphatic heterocycles. The molecular weight excluding hydrogens is 834 g/mol. The second kappa shape index (κ2) is 19.9.